The van der Waals surface area contributed by atoms with E-state index < -0.39 is 8.07 Å². The van der Waals surface area contributed by atoms with E-state index in [2.05, 4.69) is 106 Å². The summed E-state index contributed by atoms with van der Waals surface area (Å²) in [5.74, 6) is 0. The van der Waals surface area contributed by atoms with Crippen LogP contribution in [0.1, 0.15) is 0 Å². The molecule has 4 nitrogen and oxygen atoms in total. The Kier molecular flexibility index (Phi) is 4.26. The van der Waals surface area contributed by atoms with Crippen LogP contribution in [-0.2, 0) is 0 Å². The zero-order chi connectivity index (χ0) is 23.6. The lowest BCUT2D eigenvalue weighted by Gasteiger charge is -2.41. The van der Waals surface area contributed by atoms with Gasteiger partial charge in [-0.1, -0.05) is 49.5 Å². The van der Waals surface area contributed by atoms with Crippen LogP contribution in [0.2, 0.25) is 13.1 Å². The topological polar surface area (TPSA) is 34.0 Å². The molecular weight excluding hydrogens is 444 g/mol. The van der Waals surface area contributed by atoms with E-state index in [-0.39, 0.29) is 0 Å². The highest BCUT2D eigenvalue weighted by atomic mass is 28.3. The van der Waals surface area contributed by atoms with Crippen LogP contribution in [0, 0.1) is 0 Å². The number of benzene rings is 3. The van der Waals surface area contributed by atoms with E-state index in [1.54, 1.807) is 0 Å². The minimum Gasteiger partial charge on any atom is -0.311 e. The van der Waals surface area contributed by atoms with Crippen LogP contribution in [0.5, 0.6) is 0 Å². The number of hydrogen-bond acceptors (Lipinski definition) is 3. The predicted octanol–water partition coefficient (Wildman–Crippen LogP) is 6.18. The second kappa shape index (κ2) is 7.39. The van der Waals surface area contributed by atoms with Crippen molar-refractivity contribution in [2.75, 3.05) is 4.90 Å². The Morgan fingerprint density at radius 3 is 2.09 bits per heavy atom. The Morgan fingerprint density at radius 2 is 1.37 bits per heavy atom. The number of pyridine rings is 2. The zero-order valence-electron chi connectivity index (χ0n) is 19.7. The minimum absolute atomic E-state index is 1.01. The molecule has 5 heteroatoms. The third-order valence-electron chi connectivity index (χ3n) is 7.30. The summed E-state index contributed by atoms with van der Waals surface area (Å²) in [7, 11) is -1.82. The molecule has 168 valence electrons. The van der Waals surface area contributed by atoms with Crippen molar-refractivity contribution in [3.63, 3.8) is 0 Å². The quantitative estimate of drug-likeness (QED) is 0.285. The summed E-state index contributed by atoms with van der Waals surface area (Å²) in [4.78, 5) is 11.6. The maximum absolute atomic E-state index is 4.74. The molecule has 0 saturated carbocycles. The summed E-state index contributed by atoms with van der Waals surface area (Å²) < 4.78 is 2.27. The summed E-state index contributed by atoms with van der Waals surface area (Å²) in [6.07, 6.45) is 5.60. The Balaban J connectivity index is 1.54. The van der Waals surface area contributed by atoms with Crippen LogP contribution in [-0.4, -0.2) is 22.6 Å². The molecule has 3 aromatic carbocycles. The molecule has 1 aliphatic heterocycles. The van der Waals surface area contributed by atoms with Gasteiger partial charge in [0.05, 0.1) is 28.4 Å². The van der Waals surface area contributed by atoms with Gasteiger partial charge in [0.25, 0.3) is 0 Å². The SMILES string of the molecule is C[Si]1(C)c2ccccc2N(c2ccc3c4ncccc4n(-c4cccnc4)c3c2)c2ccccc21. The summed E-state index contributed by atoms with van der Waals surface area (Å²) >= 11 is 0. The number of rotatable bonds is 2. The molecule has 3 aromatic heterocycles. The first-order chi connectivity index (χ1) is 17.1. The second-order valence-electron chi connectivity index (χ2n) is 9.61. The van der Waals surface area contributed by atoms with Gasteiger partial charge >= 0.3 is 0 Å². The van der Waals surface area contributed by atoms with Crippen LogP contribution >= 0.6 is 0 Å². The van der Waals surface area contributed by atoms with Gasteiger partial charge in [-0.2, -0.15) is 0 Å². The number of aromatic nitrogens is 3. The lowest BCUT2D eigenvalue weighted by molar-refractivity contribution is 1.14. The fourth-order valence-electron chi connectivity index (χ4n) is 5.67. The molecule has 0 N–H and O–H groups in total. The van der Waals surface area contributed by atoms with Crippen LogP contribution in [0.4, 0.5) is 17.1 Å². The van der Waals surface area contributed by atoms with Gasteiger partial charge in [0.1, 0.15) is 8.07 Å². The first kappa shape index (κ1) is 20.2. The number of hydrogen-bond donors (Lipinski definition) is 0. The van der Waals surface area contributed by atoms with Crippen molar-refractivity contribution in [1.82, 2.24) is 14.5 Å². The minimum atomic E-state index is -1.82. The molecule has 6 aromatic rings. The first-order valence-corrected chi connectivity index (χ1v) is 14.9. The van der Waals surface area contributed by atoms with Crippen molar-refractivity contribution in [3.8, 4) is 5.69 Å². The highest BCUT2D eigenvalue weighted by Crippen LogP contribution is 2.40. The lowest BCUT2D eigenvalue weighted by Crippen LogP contribution is -2.58. The fourth-order valence-corrected chi connectivity index (χ4v) is 8.66. The van der Waals surface area contributed by atoms with Crippen LogP contribution in [0.25, 0.3) is 27.6 Å². The molecule has 0 bridgehead atoms. The average Bonchev–Trinajstić information content (AvgIpc) is 3.23. The van der Waals surface area contributed by atoms with E-state index in [1.807, 2.05) is 30.7 Å². The summed E-state index contributed by atoms with van der Waals surface area (Å²) in [5.41, 5.74) is 7.96. The summed E-state index contributed by atoms with van der Waals surface area (Å²) in [6, 6.07) is 32.8. The Hall–Kier alpha value is -4.22. The average molecular weight is 469 g/mol. The highest BCUT2D eigenvalue weighted by molar-refractivity contribution is 7.02. The standard InChI is InChI=1S/C30H24N4Si/c1-35(2)28-13-5-3-10-24(28)33(25-11-4-6-14-29(25)35)21-15-16-23-27(19-21)34(22-9-7-17-31-20-22)26-12-8-18-32-30(23)26/h3-20H,1-2H3. The first-order valence-electron chi connectivity index (χ1n) is 11.9. The Morgan fingerprint density at radius 1 is 0.657 bits per heavy atom. The molecule has 35 heavy (non-hydrogen) atoms. The second-order valence-corrected chi connectivity index (χ2v) is 13.9. The predicted molar refractivity (Wildman–Crippen MR) is 148 cm³/mol. The summed E-state index contributed by atoms with van der Waals surface area (Å²) in [5, 5.41) is 4.07. The van der Waals surface area contributed by atoms with Crippen LogP contribution in [0.3, 0.4) is 0 Å². The number of nitrogens with zero attached hydrogens (tertiary/aromatic N) is 4. The van der Waals surface area contributed by atoms with Crippen LogP contribution in [0.15, 0.2) is 110 Å². The normalized spacial score (nSPS) is 14.2. The van der Waals surface area contributed by atoms with Gasteiger partial charge in [-0.3, -0.25) is 9.97 Å². The molecule has 0 radical (unpaired) electrons. The van der Waals surface area contributed by atoms with E-state index in [4.69, 9.17) is 4.98 Å². The van der Waals surface area contributed by atoms with Crippen molar-refractivity contribution in [2.24, 2.45) is 0 Å². The highest BCUT2D eigenvalue weighted by Gasteiger charge is 2.38. The lowest BCUT2D eigenvalue weighted by atomic mass is 10.1. The van der Waals surface area contributed by atoms with Crippen molar-refractivity contribution < 1.29 is 0 Å². The number of para-hydroxylation sites is 2. The summed E-state index contributed by atoms with van der Waals surface area (Å²) in [6.45, 7) is 4.91. The molecule has 0 atom stereocenters. The molecule has 0 unspecified atom stereocenters. The molecular formula is C30H24N4Si. The fraction of sp³-hybridized carbons (Fsp3) is 0.0667. The third kappa shape index (κ3) is 2.85. The molecule has 0 fully saturated rings. The molecule has 0 saturated heterocycles. The van der Waals surface area contributed by atoms with Crippen molar-refractivity contribution in [3.05, 3.63) is 110 Å². The van der Waals surface area contributed by atoms with Gasteiger partial charge in [-0.15, -0.1) is 0 Å². The Bertz CT molecular complexity index is 1690. The molecule has 1 aliphatic rings. The van der Waals surface area contributed by atoms with Gasteiger partial charge in [-0.05, 0) is 65.0 Å². The monoisotopic (exact) mass is 468 g/mol. The van der Waals surface area contributed by atoms with E-state index in [0.29, 0.717) is 0 Å². The van der Waals surface area contributed by atoms with Gasteiger partial charge in [0.2, 0.25) is 0 Å². The number of anilines is 3. The molecule has 7 rings (SSSR count). The zero-order valence-corrected chi connectivity index (χ0v) is 20.7. The smallest absolute Gasteiger partial charge is 0.117 e. The van der Waals surface area contributed by atoms with Crippen LogP contribution < -0.4 is 15.3 Å². The molecule has 0 amide bonds. The molecule has 0 aliphatic carbocycles. The Labute approximate surface area is 205 Å². The van der Waals surface area contributed by atoms with Gasteiger partial charge in [0, 0.05) is 34.8 Å². The van der Waals surface area contributed by atoms with Gasteiger partial charge < -0.3 is 9.47 Å². The number of fused-ring (bicyclic) bond motifs is 5. The molecule has 0 spiro atoms. The van der Waals surface area contributed by atoms with Crippen molar-refractivity contribution in [2.45, 2.75) is 13.1 Å². The largest absolute Gasteiger partial charge is 0.311 e. The van der Waals surface area contributed by atoms with E-state index in [1.165, 1.54) is 21.7 Å². The third-order valence-corrected chi connectivity index (χ3v) is 10.8. The maximum Gasteiger partial charge on any atom is 0.117 e. The maximum atomic E-state index is 4.74. The van der Waals surface area contributed by atoms with Crippen molar-refractivity contribution in [1.29, 1.82) is 0 Å². The molecule has 4 heterocycles. The van der Waals surface area contributed by atoms with E-state index in [0.717, 1.165) is 33.3 Å². The van der Waals surface area contributed by atoms with Gasteiger partial charge in [-0.25, -0.2) is 0 Å². The van der Waals surface area contributed by atoms with E-state index >= 15 is 0 Å². The van der Waals surface area contributed by atoms with E-state index in [9.17, 15) is 0 Å². The van der Waals surface area contributed by atoms with Crippen molar-refractivity contribution >= 4 is 57.4 Å². The van der Waals surface area contributed by atoms with Gasteiger partial charge in [0.15, 0.2) is 0 Å².